The summed E-state index contributed by atoms with van der Waals surface area (Å²) in [5, 5.41) is 21.4. The molecule has 2 aliphatic heterocycles. The van der Waals surface area contributed by atoms with Crippen LogP contribution in [0.2, 0.25) is 0 Å². The van der Waals surface area contributed by atoms with Crippen LogP contribution in [-0.2, 0) is 16.1 Å². The number of ether oxygens (including phenoxy) is 3. The number of benzene rings is 1. The minimum atomic E-state index is -4.82. The van der Waals surface area contributed by atoms with Crippen molar-refractivity contribution in [3.8, 4) is 5.75 Å². The van der Waals surface area contributed by atoms with Gasteiger partial charge >= 0.3 is 6.18 Å². The molecule has 0 radical (unpaired) electrons. The molecule has 11 heteroatoms. The van der Waals surface area contributed by atoms with E-state index in [0.717, 1.165) is 22.9 Å². The Hall–Kier alpha value is -1.53. The van der Waals surface area contributed by atoms with Crippen molar-refractivity contribution in [2.24, 2.45) is 4.99 Å². The van der Waals surface area contributed by atoms with E-state index in [0.29, 0.717) is 16.5 Å². The van der Waals surface area contributed by atoms with E-state index in [2.05, 4.69) is 4.99 Å². The van der Waals surface area contributed by atoms with E-state index in [1.54, 1.807) is 45.0 Å². The van der Waals surface area contributed by atoms with Crippen LogP contribution >= 0.6 is 11.8 Å². The van der Waals surface area contributed by atoms with Crippen molar-refractivity contribution in [1.29, 1.82) is 0 Å². The lowest BCUT2D eigenvalue weighted by atomic mass is 9.94. The second-order valence-electron chi connectivity index (χ2n) is 7.90. The maximum Gasteiger partial charge on any atom is 0.417 e. The molecular weight excluding hydrogens is 437 g/mol. The number of nitrogens with zero attached hydrogens (tertiary/aromatic N) is 2. The molecule has 6 atom stereocenters. The highest BCUT2D eigenvalue weighted by molar-refractivity contribution is 8.14. The van der Waals surface area contributed by atoms with Gasteiger partial charge in [-0.05, 0) is 30.5 Å². The average Bonchev–Trinajstić information content (AvgIpc) is 3.09. The van der Waals surface area contributed by atoms with Gasteiger partial charge in [0.05, 0.1) is 13.7 Å². The molecule has 1 saturated heterocycles. The Balaban J connectivity index is 1.79. The Morgan fingerprint density at radius 3 is 2.32 bits per heavy atom. The van der Waals surface area contributed by atoms with Crippen LogP contribution in [0.5, 0.6) is 5.75 Å². The smallest absolute Gasteiger partial charge is 0.417 e. The summed E-state index contributed by atoms with van der Waals surface area (Å²) < 4.78 is 57.7. The third-order valence-electron chi connectivity index (χ3n) is 5.24. The fourth-order valence-electron chi connectivity index (χ4n) is 3.85. The highest BCUT2D eigenvalue weighted by Crippen LogP contribution is 2.41. The number of hydrogen-bond acceptors (Lipinski definition) is 8. The second kappa shape index (κ2) is 9.14. The summed E-state index contributed by atoms with van der Waals surface area (Å²) in [5.74, 6) is 0.659. The van der Waals surface area contributed by atoms with Gasteiger partial charge in [-0.2, -0.15) is 13.2 Å². The fourth-order valence-corrected chi connectivity index (χ4v) is 4.99. The van der Waals surface area contributed by atoms with Crippen molar-refractivity contribution in [1.82, 2.24) is 4.90 Å². The highest BCUT2D eigenvalue weighted by atomic mass is 32.2. The lowest BCUT2D eigenvalue weighted by Crippen LogP contribution is -2.61. The van der Waals surface area contributed by atoms with E-state index in [-0.39, 0.29) is 6.61 Å². The van der Waals surface area contributed by atoms with Gasteiger partial charge in [0.15, 0.2) is 11.3 Å². The van der Waals surface area contributed by atoms with Crippen molar-refractivity contribution in [3.05, 3.63) is 28.8 Å². The summed E-state index contributed by atoms with van der Waals surface area (Å²) in [7, 11) is 4.98. The molecule has 2 N–H and O–H groups in total. The number of hydrogen-bond donors (Lipinski definition) is 2. The van der Waals surface area contributed by atoms with Gasteiger partial charge in [-0.15, -0.1) is 0 Å². The molecule has 0 bridgehead atoms. The molecule has 2 aliphatic rings. The third-order valence-corrected chi connectivity index (χ3v) is 6.55. The Bertz CT molecular complexity index is 813. The molecule has 1 fully saturated rings. The van der Waals surface area contributed by atoms with Crippen LogP contribution in [0.25, 0.3) is 0 Å². The normalized spacial score (nSPS) is 29.4. The number of aliphatic hydroxyl groups excluding tert-OH is 2. The predicted molar refractivity (Wildman–Crippen MR) is 110 cm³/mol. The first-order valence-electron chi connectivity index (χ1n) is 9.69. The SMILES string of the molecule is COc1c(C)cc(COC(C2OC3SC(N(C)C)=NC3C(O)C2O)C(F)(F)F)cc1C. The van der Waals surface area contributed by atoms with Crippen LogP contribution in [0, 0.1) is 13.8 Å². The molecular formula is C20H27F3N2O5S. The first-order chi connectivity index (χ1) is 14.4. The monoisotopic (exact) mass is 464 g/mol. The molecule has 0 aromatic heterocycles. The number of methoxy groups -OCH3 is 1. The zero-order valence-corrected chi connectivity index (χ0v) is 18.7. The first kappa shape index (κ1) is 24.1. The molecule has 0 amide bonds. The molecule has 0 spiro atoms. The topological polar surface area (TPSA) is 83.8 Å². The average molecular weight is 465 g/mol. The number of aliphatic imine (C=N–C) groups is 1. The number of amidine groups is 1. The van der Waals surface area contributed by atoms with Crippen LogP contribution in [0.4, 0.5) is 13.2 Å². The van der Waals surface area contributed by atoms with E-state index in [1.807, 2.05) is 0 Å². The summed E-state index contributed by atoms with van der Waals surface area (Å²) in [5.41, 5.74) is 1.22. The maximum absolute atomic E-state index is 13.9. The van der Waals surface area contributed by atoms with Gasteiger partial charge in [0, 0.05) is 14.1 Å². The minimum absolute atomic E-state index is 0.348. The predicted octanol–water partition coefficient (Wildman–Crippen LogP) is 2.24. The van der Waals surface area contributed by atoms with Crippen LogP contribution in [0.1, 0.15) is 16.7 Å². The molecule has 2 heterocycles. The quantitative estimate of drug-likeness (QED) is 0.692. The van der Waals surface area contributed by atoms with Gasteiger partial charge in [-0.3, -0.25) is 4.99 Å². The molecule has 6 unspecified atom stereocenters. The maximum atomic E-state index is 13.9. The highest BCUT2D eigenvalue weighted by Gasteiger charge is 2.57. The zero-order chi connectivity index (χ0) is 23.1. The molecule has 31 heavy (non-hydrogen) atoms. The van der Waals surface area contributed by atoms with Crippen LogP contribution < -0.4 is 4.74 Å². The molecule has 174 valence electrons. The lowest BCUT2D eigenvalue weighted by molar-refractivity contribution is -0.286. The molecule has 1 aromatic rings. The number of fused-ring (bicyclic) bond motifs is 1. The Morgan fingerprint density at radius 2 is 1.81 bits per heavy atom. The first-order valence-corrected chi connectivity index (χ1v) is 10.6. The fraction of sp³-hybridized carbons (Fsp3) is 0.650. The van der Waals surface area contributed by atoms with Crippen molar-refractivity contribution in [3.63, 3.8) is 0 Å². The summed E-state index contributed by atoms with van der Waals surface area (Å²) in [6.07, 6.45) is -12.3. The summed E-state index contributed by atoms with van der Waals surface area (Å²) in [4.78, 5) is 5.94. The van der Waals surface area contributed by atoms with Crippen molar-refractivity contribution in [2.45, 2.75) is 62.5 Å². The van der Waals surface area contributed by atoms with E-state index < -0.39 is 42.1 Å². The van der Waals surface area contributed by atoms with Crippen molar-refractivity contribution in [2.75, 3.05) is 21.2 Å². The standard InChI is InChI=1S/C20H27F3N2O5S/c1-9-6-11(7-10(2)15(9)28-5)8-29-17(20(21,22)23)16-14(27)13(26)12-18(30-16)31-19(24-12)25(3)4/h6-7,12-14,16-18,26-27H,8H2,1-5H3. The molecule has 0 aliphatic carbocycles. The van der Waals surface area contributed by atoms with E-state index in [1.165, 1.54) is 7.11 Å². The summed E-state index contributed by atoms with van der Waals surface area (Å²) in [6.45, 7) is 3.24. The van der Waals surface area contributed by atoms with Crippen LogP contribution in [-0.4, -0.2) is 83.6 Å². The molecule has 0 saturated carbocycles. The van der Waals surface area contributed by atoms with Crippen molar-refractivity contribution >= 4 is 16.9 Å². The van der Waals surface area contributed by atoms with E-state index in [9.17, 15) is 23.4 Å². The zero-order valence-electron chi connectivity index (χ0n) is 17.9. The second-order valence-corrected chi connectivity index (χ2v) is 8.97. The van der Waals surface area contributed by atoms with Gasteiger partial charge in [0.2, 0.25) is 0 Å². The summed E-state index contributed by atoms with van der Waals surface area (Å²) >= 11 is 1.11. The molecule has 3 rings (SSSR count). The minimum Gasteiger partial charge on any atom is -0.496 e. The van der Waals surface area contributed by atoms with E-state index >= 15 is 0 Å². The Kier molecular flexibility index (Phi) is 7.11. The van der Waals surface area contributed by atoms with Gasteiger partial charge < -0.3 is 29.3 Å². The van der Waals surface area contributed by atoms with Crippen LogP contribution in [0.15, 0.2) is 17.1 Å². The summed E-state index contributed by atoms with van der Waals surface area (Å²) in [6, 6.07) is 2.52. The van der Waals surface area contributed by atoms with Gasteiger partial charge in [0.25, 0.3) is 0 Å². The third kappa shape index (κ3) is 4.95. The van der Waals surface area contributed by atoms with Crippen LogP contribution in [0.3, 0.4) is 0 Å². The molecule has 7 nitrogen and oxygen atoms in total. The Morgan fingerprint density at radius 1 is 1.19 bits per heavy atom. The van der Waals surface area contributed by atoms with Crippen molar-refractivity contribution < 1.29 is 37.6 Å². The Labute approximate surface area is 183 Å². The number of aryl methyl sites for hydroxylation is 2. The number of thioether (sulfide) groups is 1. The number of alkyl halides is 3. The van der Waals surface area contributed by atoms with Gasteiger partial charge in [-0.1, -0.05) is 23.9 Å². The lowest BCUT2D eigenvalue weighted by Gasteiger charge is -2.41. The van der Waals surface area contributed by atoms with E-state index in [4.69, 9.17) is 14.2 Å². The largest absolute Gasteiger partial charge is 0.496 e. The number of halogens is 3. The molecule has 1 aromatic carbocycles. The van der Waals surface area contributed by atoms with Gasteiger partial charge in [-0.25, -0.2) is 0 Å². The number of rotatable bonds is 5. The van der Waals surface area contributed by atoms with Gasteiger partial charge in [0.1, 0.15) is 35.5 Å². The number of aliphatic hydroxyl groups is 2.